The highest BCUT2D eigenvalue weighted by molar-refractivity contribution is 6.30. The number of rotatable bonds is 5. The Morgan fingerprint density at radius 1 is 0.906 bits per heavy atom. The van der Waals surface area contributed by atoms with Crippen LogP contribution in [0.15, 0.2) is 83.8 Å². The average molecular weight is 446 g/mol. The maximum absolute atomic E-state index is 13.2. The Morgan fingerprint density at radius 2 is 1.62 bits per heavy atom. The predicted molar refractivity (Wildman–Crippen MR) is 121 cm³/mol. The van der Waals surface area contributed by atoms with Gasteiger partial charge in [0.25, 0.3) is 5.56 Å². The molecule has 6 nitrogen and oxygen atoms in total. The highest BCUT2D eigenvalue weighted by Crippen LogP contribution is 2.19. The molecule has 0 aliphatic heterocycles. The van der Waals surface area contributed by atoms with Gasteiger partial charge < -0.3 is 0 Å². The van der Waals surface area contributed by atoms with Crippen molar-refractivity contribution >= 4 is 22.4 Å². The zero-order valence-electron chi connectivity index (χ0n) is 16.8. The van der Waals surface area contributed by atoms with Gasteiger partial charge in [0.1, 0.15) is 11.5 Å². The van der Waals surface area contributed by atoms with Crippen LogP contribution in [0.5, 0.6) is 0 Å². The summed E-state index contributed by atoms with van der Waals surface area (Å²) < 4.78 is 16.1. The van der Waals surface area contributed by atoms with Crippen LogP contribution in [-0.4, -0.2) is 24.8 Å². The van der Waals surface area contributed by atoms with Crippen molar-refractivity contribution in [3.8, 4) is 5.69 Å². The summed E-state index contributed by atoms with van der Waals surface area (Å²) in [5, 5.41) is 15.0. The standard InChI is InChI=1S/C24H17ClFN5O/c25-17-7-5-16(6-8-17)13-23-21-3-1-2-4-22(21)24(32)31(28-23)15-19-14-30(29-27-19)20-11-9-18(26)10-12-20/h1-12,14H,13,15H2. The first-order valence-corrected chi connectivity index (χ1v) is 10.3. The molecule has 0 radical (unpaired) electrons. The van der Waals surface area contributed by atoms with Crippen LogP contribution in [0.1, 0.15) is 17.0 Å². The number of fused-ring (bicyclic) bond motifs is 1. The molecule has 0 saturated heterocycles. The minimum absolute atomic E-state index is 0.165. The third-order valence-corrected chi connectivity index (χ3v) is 5.42. The molecule has 0 N–H and O–H groups in total. The molecule has 0 aliphatic carbocycles. The first kappa shape index (κ1) is 20.1. The predicted octanol–water partition coefficient (Wildman–Crippen LogP) is 4.41. The van der Waals surface area contributed by atoms with E-state index in [4.69, 9.17) is 11.6 Å². The molecule has 2 heterocycles. The molecule has 5 aromatic rings. The van der Waals surface area contributed by atoms with E-state index in [1.807, 2.05) is 42.5 Å². The van der Waals surface area contributed by atoms with E-state index in [1.54, 1.807) is 24.4 Å². The van der Waals surface area contributed by atoms with E-state index >= 15 is 0 Å². The van der Waals surface area contributed by atoms with E-state index < -0.39 is 0 Å². The molecule has 0 unspecified atom stereocenters. The minimum atomic E-state index is -0.325. The van der Waals surface area contributed by atoms with E-state index in [9.17, 15) is 9.18 Å². The van der Waals surface area contributed by atoms with Crippen molar-refractivity contribution in [1.82, 2.24) is 24.8 Å². The smallest absolute Gasteiger partial charge is 0.267 e. The van der Waals surface area contributed by atoms with Crippen molar-refractivity contribution in [1.29, 1.82) is 0 Å². The topological polar surface area (TPSA) is 65.6 Å². The van der Waals surface area contributed by atoms with Gasteiger partial charge in [0, 0.05) is 16.8 Å². The van der Waals surface area contributed by atoms with Crippen molar-refractivity contribution in [2.45, 2.75) is 13.0 Å². The number of benzene rings is 3. The minimum Gasteiger partial charge on any atom is -0.267 e. The van der Waals surface area contributed by atoms with Gasteiger partial charge in [-0.05, 0) is 48.0 Å². The number of nitrogens with zero attached hydrogens (tertiary/aromatic N) is 5. The molecule has 3 aromatic carbocycles. The molecule has 2 aromatic heterocycles. The summed E-state index contributed by atoms with van der Waals surface area (Å²) in [6, 6.07) is 20.9. The second-order valence-corrected chi connectivity index (χ2v) is 7.83. The number of hydrogen-bond donors (Lipinski definition) is 0. The summed E-state index contributed by atoms with van der Waals surface area (Å²) >= 11 is 6.01. The van der Waals surface area contributed by atoms with Gasteiger partial charge in [-0.1, -0.05) is 47.1 Å². The number of halogens is 2. The normalized spacial score (nSPS) is 11.2. The Hall–Kier alpha value is -3.84. The Balaban J connectivity index is 1.51. The van der Waals surface area contributed by atoms with Gasteiger partial charge in [-0.15, -0.1) is 5.10 Å². The Morgan fingerprint density at radius 3 is 2.38 bits per heavy atom. The highest BCUT2D eigenvalue weighted by atomic mass is 35.5. The summed E-state index contributed by atoms with van der Waals surface area (Å²) in [4.78, 5) is 13.1. The monoisotopic (exact) mass is 445 g/mol. The molecule has 0 amide bonds. The lowest BCUT2D eigenvalue weighted by molar-refractivity contribution is 0.620. The second kappa shape index (κ2) is 8.36. The molecule has 0 spiro atoms. The van der Waals surface area contributed by atoms with Crippen molar-refractivity contribution in [2.75, 3.05) is 0 Å². The number of aromatic nitrogens is 5. The summed E-state index contributed by atoms with van der Waals surface area (Å²) in [6.45, 7) is 0.165. The second-order valence-electron chi connectivity index (χ2n) is 7.39. The fourth-order valence-corrected chi connectivity index (χ4v) is 3.71. The zero-order chi connectivity index (χ0) is 22.1. The van der Waals surface area contributed by atoms with Crippen LogP contribution in [0.25, 0.3) is 16.5 Å². The molecule has 0 saturated carbocycles. The lowest BCUT2D eigenvalue weighted by Gasteiger charge is -2.10. The first-order valence-electron chi connectivity index (χ1n) is 9.97. The van der Waals surface area contributed by atoms with Gasteiger partial charge in [-0.2, -0.15) is 5.10 Å². The Bertz CT molecular complexity index is 1460. The van der Waals surface area contributed by atoms with Crippen LogP contribution in [0.2, 0.25) is 5.02 Å². The Labute approximate surface area is 187 Å². The maximum atomic E-state index is 13.2. The Kier molecular flexibility index (Phi) is 5.25. The quantitative estimate of drug-likeness (QED) is 0.402. The molecule has 0 bridgehead atoms. The van der Waals surface area contributed by atoms with Crippen molar-refractivity contribution in [3.63, 3.8) is 0 Å². The zero-order valence-corrected chi connectivity index (χ0v) is 17.6. The first-order chi connectivity index (χ1) is 15.6. The maximum Gasteiger partial charge on any atom is 0.275 e. The van der Waals surface area contributed by atoms with Gasteiger partial charge in [0.15, 0.2) is 0 Å². The van der Waals surface area contributed by atoms with E-state index in [0.29, 0.717) is 28.2 Å². The lowest BCUT2D eigenvalue weighted by atomic mass is 10.0. The molecule has 32 heavy (non-hydrogen) atoms. The van der Waals surface area contributed by atoms with Crippen LogP contribution >= 0.6 is 11.6 Å². The van der Waals surface area contributed by atoms with Crippen LogP contribution in [0, 0.1) is 5.82 Å². The van der Waals surface area contributed by atoms with Gasteiger partial charge in [-0.25, -0.2) is 13.8 Å². The fourth-order valence-electron chi connectivity index (χ4n) is 3.58. The summed E-state index contributed by atoms with van der Waals surface area (Å²) in [6.07, 6.45) is 2.26. The third kappa shape index (κ3) is 4.02. The molecule has 5 rings (SSSR count). The van der Waals surface area contributed by atoms with Crippen molar-refractivity contribution < 1.29 is 4.39 Å². The molecule has 158 valence electrons. The number of hydrogen-bond acceptors (Lipinski definition) is 4. The van der Waals surface area contributed by atoms with Gasteiger partial charge in [0.2, 0.25) is 0 Å². The lowest BCUT2D eigenvalue weighted by Crippen LogP contribution is -2.25. The fraction of sp³-hybridized carbons (Fsp3) is 0.0833. The van der Waals surface area contributed by atoms with E-state index in [0.717, 1.165) is 16.6 Å². The van der Waals surface area contributed by atoms with Gasteiger partial charge in [0.05, 0.1) is 29.5 Å². The third-order valence-electron chi connectivity index (χ3n) is 5.17. The summed E-state index contributed by atoms with van der Waals surface area (Å²) in [7, 11) is 0. The average Bonchev–Trinajstić information content (AvgIpc) is 3.27. The van der Waals surface area contributed by atoms with E-state index in [2.05, 4.69) is 15.4 Å². The van der Waals surface area contributed by atoms with Gasteiger partial charge in [-0.3, -0.25) is 4.79 Å². The SMILES string of the molecule is O=c1c2ccccc2c(Cc2ccc(Cl)cc2)nn1Cc1cn(-c2ccc(F)cc2)nn1. The molecule has 0 atom stereocenters. The van der Waals surface area contributed by atoms with E-state index in [1.165, 1.54) is 21.5 Å². The van der Waals surface area contributed by atoms with Crippen LogP contribution in [0.4, 0.5) is 4.39 Å². The molecule has 8 heteroatoms. The van der Waals surface area contributed by atoms with Crippen LogP contribution < -0.4 is 5.56 Å². The van der Waals surface area contributed by atoms with Gasteiger partial charge >= 0.3 is 0 Å². The van der Waals surface area contributed by atoms with Crippen LogP contribution in [0.3, 0.4) is 0 Å². The van der Waals surface area contributed by atoms with Crippen LogP contribution in [-0.2, 0) is 13.0 Å². The molecule has 0 aliphatic rings. The van der Waals surface area contributed by atoms with Crippen molar-refractivity contribution in [3.05, 3.63) is 117 Å². The van der Waals surface area contributed by atoms with E-state index in [-0.39, 0.29) is 17.9 Å². The van der Waals surface area contributed by atoms with Crippen molar-refractivity contribution in [2.24, 2.45) is 0 Å². The highest BCUT2D eigenvalue weighted by Gasteiger charge is 2.13. The largest absolute Gasteiger partial charge is 0.275 e. The summed E-state index contributed by atoms with van der Waals surface area (Å²) in [5.41, 5.74) is 2.87. The molecular formula is C24H17ClFN5O. The molecule has 0 fully saturated rings. The summed E-state index contributed by atoms with van der Waals surface area (Å²) in [5.74, 6) is -0.325. The molecular weight excluding hydrogens is 429 g/mol.